The third-order valence-electron chi connectivity index (χ3n) is 2.37. The summed E-state index contributed by atoms with van der Waals surface area (Å²) in [7, 11) is 1.87. The molecular formula is C12H22N4. The maximum Gasteiger partial charge on any atom is 0.132 e. The van der Waals surface area contributed by atoms with Gasteiger partial charge in [0.25, 0.3) is 0 Å². The number of rotatable bonds is 6. The monoisotopic (exact) mass is 222 g/mol. The number of hydrogen-bond donors (Lipinski definition) is 2. The summed E-state index contributed by atoms with van der Waals surface area (Å²) in [5.74, 6) is 3.37. The molecule has 90 valence electrons. The molecule has 0 amide bonds. The van der Waals surface area contributed by atoms with Crippen LogP contribution in [0.1, 0.15) is 33.0 Å². The SMILES string of the molecule is CCc1nc(NC)cc(NCCC(C)C)n1. The van der Waals surface area contributed by atoms with Crippen LogP contribution in [-0.4, -0.2) is 23.6 Å². The summed E-state index contributed by atoms with van der Waals surface area (Å²) < 4.78 is 0. The molecule has 0 unspecified atom stereocenters. The van der Waals surface area contributed by atoms with Crippen LogP contribution in [0, 0.1) is 5.92 Å². The van der Waals surface area contributed by atoms with Gasteiger partial charge in [-0.2, -0.15) is 0 Å². The van der Waals surface area contributed by atoms with Gasteiger partial charge in [0.15, 0.2) is 0 Å². The van der Waals surface area contributed by atoms with Gasteiger partial charge in [0.1, 0.15) is 17.5 Å². The van der Waals surface area contributed by atoms with Crippen LogP contribution in [0.5, 0.6) is 0 Å². The van der Waals surface area contributed by atoms with E-state index in [1.165, 1.54) is 0 Å². The topological polar surface area (TPSA) is 49.8 Å². The van der Waals surface area contributed by atoms with Crippen LogP contribution in [0.15, 0.2) is 6.07 Å². The summed E-state index contributed by atoms with van der Waals surface area (Å²) in [6.07, 6.45) is 2.01. The highest BCUT2D eigenvalue weighted by Crippen LogP contribution is 2.11. The van der Waals surface area contributed by atoms with E-state index >= 15 is 0 Å². The molecule has 4 heteroatoms. The zero-order valence-electron chi connectivity index (χ0n) is 10.7. The van der Waals surface area contributed by atoms with Gasteiger partial charge in [0.2, 0.25) is 0 Å². The van der Waals surface area contributed by atoms with Crippen LogP contribution in [0.3, 0.4) is 0 Å². The Hall–Kier alpha value is -1.32. The zero-order valence-corrected chi connectivity index (χ0v) is 10.7. The van der Waals surface area contributed by atoms with E-state index in [1.54, 1.807) is 0 Å². The minimum atomic E-state index is 0.712. The number of anilines is 2. The van der Waals surface area contributed by atoms with E-state index in [2.05, 4.69) is 41.4 Å². The molecule has 0 spiro atoms. The fraction of sp³-hybridized carbons (Fsp3) is 0.667. The first-order valence-corrected chi connectivity index (χ1v) is 5.95. The molecule has 0 bridgehead atoms. The third-order valence-corrected chi connectivity index (χ3v) is 2.37. The average Bonchev–Trinajstić information content (AvgIpc) is 2.28. The van der Waals surface area contributed by atoms with Gasteiger partial charge in [-0.15, -0.1) is 0 Å². The molecule has 0 aliphatic carbocycles. The minimum Gasteiger partial charge on any atom is -0.373 e. The van der Waals surface area contributed by atoms with E-state index in [0.29, 0.717) is 5.92 Å². The van der Waals surface area contributed by atoms with Crippen molar-refractivity contribution >= 4 is 11.6 Å². The molecule has 0 saturated carbocycles. The highest BCUT2D eigenvalue weighted by molar-refractivity contribution is 5.47. The van der Waals surface area contributed by atoms with Crippen LogP contribution in [-0.2, 0) is 6.42 Å². The summed E-state index contributed by atoms with van der Waals surface area (Å²) in [5.41, 5.74) is 0. The molecule has 1 heterocycles. The van der Waals surface area contributed by atoms with E-state index in [-0.39, 0.29) is 0 Å². The summed E-state index contributed by atoms with van der Waals surface area (Å²) in [6.45, 7) is 7.46. The lowest BCUT2D eigenvalue weighted by molar-refractivity contribution is 0.606. The molecule has 0 atom stereocenters. The normalized spacial score (nSPS) is 10.6. The molecule has 2 N–H and O–H groups in total. The molecule has 0 saturated heterocycles. The highest BCUT2D eigenvalue weighted by atomic mass is 15.1. The minimum absolute atomic E-state index is 0.712. The Labute approximate surface area is 97.9 Å². The van der Waals surface area contributed by atoms with E-state index in [0.717, 1.165) is 36.8 Å². The third kappa shape index (κ3) is 4.04. The summed E-state index contributed by atoms with van der Waals surface area (Å²) in [6, 6.07) is 1.94. The Kier molecular flexibility index (Phi) is 5.02. The summed E-state index contributed by atoms with van der Waals surface area (Å²) >= 11 is 0. The van der Waals surface area contributed by atoms with Crippen LogP contribution in [0.2, 0.25) is 0 Å². The van der Waals surface area contributed by atoms with Crippen molar-refractivity contribution in [2.75, 3.05) is 24.2 Å². The fourth-order valence-corrected chi connectivity index (χ4v) is 1.36. The Balaban J connectivity index is 2.64. The Morgan fingerprint density at radius 3 is 2.50 bits per heavy atom. The van der Waals surface area contributed by atoms with Crippen LogP contribution in [0.25, 0.3) is 0 Å². The molecule has 0 aromatic carbocycles. The van der Waals surface area contributed by atoms with Crippen LogP contribution < -0.4 is 10.6 Å². The molecule has 4 nitrogen and oxygen atoms in total. The van der Waals surface area contributed by atoms with Crippen molar-refractivity contribution in [2.45, 2.75) is 33.6 Å². The van der Waals surface area contributed by atoms with E-state index in [9.17, 15) is 0 Å². The molecule has 16 heavy (non-hydrogen) atoms. The number of aryl methyl sites for hydroxylation is 1. The Morgan fingerprint density at radius 2 is 1.94 bits per heavy atom. The fourth-order valence-electron chi connectivity index (χ4n) is 1.36. The van der Waals surface area contributed by atoms with Gasteiger partial charge in [0.05, 0.1) is 0 Å². The molecule has 0 aliphatic rings. The molecular weight excluding hydrogens is 200 g/mol. The molecule has 1 aromatic rings. The number of nitrogens with one attached hydrogen (secondary N) is 2. The number of hydrogen-bond acceptors (Lipinski definition) is 4. The number of aromatic nitrogens is 2. The van der Waals surface area contributed by atoms with Crippen LogP contribution in [0.4, 0.5) is 11.6 Å². The maximum absolute atomic E-state index is 4.43. The van der Waals surface area contributed by atoms with Crippen molar-refractivity contribution in [1.82, 2.24) is 9.97 Å². The molecule has 0 aliphatic heterocycles. The van der Waals surface area contributed by atoms with Crippen LogP contribution >= 0.6 is 0 Å². The molecule has 0 fully saturated rings. The second-order valence-corrected chi connectivity index (χ2v) is 4.27. The van der Waals surface area contributed by atoms with E-state index < -0.39 is 0 Å². The maximum atomic E-state index is 4.43. The zero-order chi connectivity index (χ0) is 12.0. The summed E-state index contributed by atoms with van der Waals surface area (Å²) in [5, 5.41) is 6.38. The van der Waals surface area contributed by atoms with Gasteiger partial charge < -0.3 is 10.6 Å². The van der Waals surface area contributed by atoms with Crippen molar-refractivity contribution in [1.29, 1.82) is 0 Å². The second-order valence-electron chi connectivity index (χ2n) is 4.27. The van der Waals surface area contributed by atoms with Crippen molar-refractivity contribution in [3.05, 3.63) is 11.9 Å². The molecule has 1 aromatic heterocycles. The smallest absolute Gasteiger partial charge is 0.132 e. The standard InChI is InChI=1S/C12H22N4/c1-5-10-15-11(13-4)8-12(16-10)14-7-6-9(2)3/h8-9H,5-7H2,1-4H3,(H2,13,14,15,16). The van der Waals surface area contributed by atoms with Crippen molar-refractivity contribution in [2.24, 2.45) is 5.92 Å². The lowest BCUT2D eigenvalue weighted by atomic mass is 10.1. The van der Waals surface area contributed by atoms with E-state index in [1.807, 2.05) is 13.1 Å². The van der Waals surface area contributed by atoms with Gasteiger partial charge >= 0.3 is 0 Å². The first kappa shape index (κ1) is 12.7. The predicted octanol–water partition coefficient (Wildman–Crippen LogP) is 2.54. The second kappa shape index (κ2) is 6.30. The van der Waals surface area contributed by atoms with Gasteiger partial charge in [-0.3, -0.25) is 0 Å². The highest BCUT2D eigenvalue weighted by Gasteiger charge is 2.02. The lowest BCUT2D eigenvalue weighted by Gasteiger charge is -2.10. The molecule has 0 radical (unpaired) electrons. The van der Waals surface area contributed by atoms with Gasteiger partial charge in [-0.1, -0.05) is 20.8 Å². The van der Waals surface area contributed by atoms with Gasteiger partial charge in [-0.05, 0) is 12.3 Å². The summed E-state index contributed by atoms with van der Waals surface area (Å²) in [4.78, 5) is 8.79. The van der Waals surface area contributed by atoms with E-state index in [4.69, 9.17) is 0 Å². The van der Waals surface area contributed by atoms with Crippen molar-refractivity contribution < 1.29 is 0 Å². The predicted molar refractivity (Wildman–Crippen MR) is 68.9 cm³/mol. The van der Waals surface area contributed by atoms with Gasteiger partial charge in [-0.25, -0.2) is 9.97 Å². The van der Waals surface area contributed by atoms with Crippen molar-refractivity contribution in [3.8, 4) is 0 Å². The molecule has 1 rings (SSSR count). The average molecular weight is 222 g/mol. The Bertz CT molecular complexity index is 301. The van der Waals surface area contributed by atoms with Gasteiger partial charge in [0, 0.05) is 26.1 Å². The quantitative estimate of drug-likeness (QED) is 0.776. The Morgan fingerprint density at radius 1 is 1.25 bits per heavy atom. The first-order chi connectivity index (χ1) is 7.65. The first-order valence-electron chi connectivity index (χ1n) is 5.95. The largest absolute Gasteiger partial charge is 0.373 e. The number of nitrogens with zero attached hydrogens (tertiary/aromatic N) is 2. The van der Waals surface area contributed by atoms with Crippen molar-refractivity contribution in [3.63, 3.8) is 0 Å². The lowest BCUT2D eigenvalue weighted by Crippen LogP contribution is -2.09.